The van der Waals surface area contributed by atoms with Crippen molar-refractivity contribution in [3.05, 3.63) is 143 Å². The number of nitrogens with zero attached hydrogens (tertiary/aromatic N) is 7. The van der Waals surface area contributed by atoms with Gasteiger partial charge in [-0.3, -0.25) is 19.9 Å². The fraction of sp³-hybridized carbons (Fsp3) is 0.0556. The third-order valence-corrected chi connectivity index (χ3v) is 8.26. The summed E-state index contributed by atoms with van der Waals surface area (Å²) in [5.41, 5.74) is 6.68. The Balaban J connectivity index is 0.000000150. The number of hydrogen-bond acceptors (Lipinski definition) is 6. The third kappa shape index (κ3) is 6.08. The first-order chi connectivity index (χ1) is 22.9. The van der Waals surface area contributed by atoms with Crippen LogP contribution in [0.4, 0.5) is 0 Å². The second-order valence-corrected chi connectivity index (χ2v) is 11.8. The van der Waals surface area contributed by atoms with Gasteiger partial charge in [0.05, 0.1) is 43.2 Å². The van der Waals surface area contributed by atoms with E-state index in [2.05, 4.69) is 36.6 Å². The Morgan fingerprint density at radius 3 is 1.81 bits per heavy atom. The third-order valence-electron chi connectivity index (χ3n) is 7.85. The van der Waals surface area contributed by atoms with Crippen LogP contribution < -0.4 is 0 Å². The highest BCUT2D eigenvalue weighted by molar-refractivity contribution is 6.31. The van der Waals surface area contributed by atoms with Gasteiger partial charge in [-0.25, -0.2) is 4.79 Å². The molecule has 9 nitrogen and oxygen atoms in total. The summed E-state index contributed by atoms with van der Waals surface area (Å²) in [5.74, 6) is -0.957. The van der Waals surface area contributed by atoms with E-state index < -0.39 is 5.97 Å². The van der Waals surface area contributed by atoms with Crippen LogP contribution in [0.3, 0.4) is 0 Å². The average Bonchev–Trinajstić information content (AvgIpc) is 3.63. The number of benzene rings is 2. The lowest BCUT2D eigenvalue weighted by molar-refractivity contribution is 0.0698. The van der Waals surface area contributed by atoms with Crippen molar-refractivity contribution in [1.82, 2.24) is 29.1 Å². The van der Waals surface area contributed by atoms with Gasteiger partial charge in [0.25, 0.3) is 0 Å². The molecule has 0 saturated carbocycles. The summed E-state index contributed by atoms with van der Waals surface area (Å²) in [6.45, 7) is 1.22. The minimum Gasteiger partial charge on any atom is -0.478 e. The molecule has 0 aliphatic heterocycles. The zero-order chi connectivity index (χ0) is 32.5. The van der Waals surface area contributed by atoms with E-state index in [1.54, 1.807) is 43.4 Å². The standard InChI is InChI=1S/C18H11ClN4.C18H12ClN3O2/c19-15-6-13-5-12(1-2-17(13)22-8-15)10-23-11-14(7-20)16-9-21-4-3-18(16)23;19-13-6-12-5-11(1-2-16(12)21-7-13)9-22-10-15(18(23)24)14-8-20-4-3-17(14)22/h1-6,8-9,11H,10H2;1-8,10H,9H2,(H,23,24). The summed E-state index contributed by atoms with van der Waals surface area (Å²) in [6, 6.07) is 21.8. The van der Waals surface area contributed by atoms with Crippen molar-refractivity contribution in [1.29, 1.82) is 5.26 Å². The van der Waals surface area contributed by atoms with E-state index in [1.165, 1.54) is 0 Å². The number of aromatic nitrogens is 6. The molecule has 8 aromatic rings. The number of carboxylic acids is 1. The number of pyridine rings is 4. The Morgan fingerprint density at radius 1 is 0.723 bits per heavy atom. The van der Waals surface area contributed by atoms with Crippen LogP contribution in [0, 0.1) is 11.3 Å². The molecule has 0 saturated heterocycles. The maximum atomic E-state index is 11.4. The molecule has 0 bridgehead atoms. The van der Waals surface area contributed by atoms with E-state index >= 15 is 0 Å². The van der Waals surface area contributed by atoms with Crippen LogP contribution in [0.5, 0.6) is 0 Å². The number of hydrogen-bond donors (Lipinski definition) is 1. The molecule has 8 rings (SSSR count). The van der Waals surface area contributed by atoms with E-state index in [0.717, 1.165) is 49.4 Å². The summed E-state index contributed by atoms with van der Waals surface area (Å²) in [4.78, 5) is 28.1. The molecule has 0 aliphatic rings. The van der Waals surface area contributed by atoms with Crippen LogP contribution in [0.25, 0.3) is 43.6 Å². The Kier molecular flexibility index (Phi) is 7.96. The number of halogens is 2. The predicted octanol–water partition coefficient (Wildman–Crippen LogP) is 8.14. The fourth-order valence-electron chi connectivity index (χ4n) is 5.70. The highest BCUT2D eigenvalue weighted by atomic mass is 35.5. The first kappa shape index (κ1) is 29.9. The summed E-state index contributed by atoms with van der Waals surface area (Å²) < 4.78 is 3.98. The minimum absolute atomic E-state index is 0.253. The van der Waals surface area contributed by atoms with Crippen LogP contribution >= 0.6 is 23.2 Å². The van der Waals surface area contributed by atoms with Crippen molar-refractivity contribution in [3.63, 3.8) is 0 Å². The summed E-state index contributed by atoms with van der Waals surface area (Å²) in [6.07, 6.45) is 13.5. The van der Waals surface area contributed by atoms with Gasteiger partial charge in [0.2, 0.25) is 0 Å². The molecule has 0 spiro atoms. The van der Waals surface area contributed by atoms with Crippen molar-refractivity contribution >= 4 is 72.8 Å². The van der Waals surface area contributed by atoms with Gasteiger partial charge in [0.1, 0.15) is 6.07 Å². The van der Waals surface area contributed by atoms with Crippen molar-refractivity contribution < 1.29 is 9.90 Å². The maximum absolute atomic E-state index is 11.4. The molecule has 2 aromatic carbocycles. The molecular formula is C36H23Cl2N7O2. The Labute approximate surface area is 277 Å². The molecule has 1 N–H and O–H groups in total. The molecule has 11 heteroatoms. The normalized spacial score (nSPS) is 11.1. The van der Waals surface area contributed by atoms with Gasteiger partial charge in [0, 0.05) is 84.2 Å². The zero-order valence-electron chi connectivity index (χ0n) is 24.5. The topological polar surface area (TPSA) is 123 Å². The van der Waals surface area contributed by atoms with Gasteiger partial charge in [-0.05, 0) is 59.7 Å². The quantitative estimate of drug-likeness (QED) is 0.198. The van der Waals surface area contributed by atoms with Gasteiger partial charge in [-0.2, -0.15) is 5.26 Å². The Bertz CT molecular complexity index is 2520. The maximum Gasteiger partial charge on any atom is 0.337 e. The lowest BCUT2D eigenvalue weighted by Gasteiger charge is -2.07. The van der Waals surface area contributed by atoms with Crippen LogP contribution in [0.15, 0.2) is 110 Å². The van der Waals surface area contributed by atoms with Crippen LogP contribution in [-0.2, 0) is 13.1 Å². The van der Waals surface area contributed by atoms with Crippen LogP contribution in [0.2, 0.25) is 10.0 Å². The molecule has 0 atom stereocenters. The highest BCUT2D eigenvalue weighted by Gasteiger charge is 2.14. The summed E-state index contributed by atoms with van der Waals surface area (Å²) in [7, 11) is 0. The van der Waals surface area contributed by atoms with Gasteiger partial charge in [0.15, 0.2) is 0 Å². The van der Waals surface area contributed by atoms with Gasteiger partial charge >= 0.3 is 5.97 Å². The number of aromatic carboxylic acids is 1. The first-order valence-corrected chi connectivity index (χ1v) is 15.2. The molecule has 0 aliphatic carbocycles. The fourth-order valence-corrected chi connectivity index (χ4v) is 6.03. The van der Waals surface area contributed by atoms with E-state index in [1.807, 2.05) is 65.4 Å². The number of nitriles is 1. The van der Waals surface area contributed by atoms with E-state index in [0.29, 0.717) is 34.1 Å². The largest absolute Gasteiger partial charge is 0.478 e. The zero-order valence-corrected chi connectivity index (χ0v) is 26.1. The predicted molar refractivity (Wildman–Crippen MR) is 183 cm³/mol. The first-order valence-electron chi connectivity index (χ1n) is 14.4. The molecule has 0 amide bonds. The molecular weight excluding hydrogens is 633 g/mol. The van der Waals surface area contributed by atoms with E-state index in [-0.39, 0.29) is 5.56 Å². The van der Waals surface area contributed by atoms with Gasteiger partial charge < -0.3 is 14.2 Å². The van der Waals surface area contributed by atoms with Crippen molar-refractivity contribution in [2.75, 3.05) is 0 Å². The Hall–Kier alpha value is -5.82. The van der Waals surface area contributed by atoms with E-state index in [4.69, 9.17) is 23.2 Å². The summed E-state index contributed by atoms with van der Waals surface area (Å²) in [5, 5.41) is 23.3. The number of carbonyl (C=O) groups is 1. The molecule has 0 radical (unpaired) electrons. The van der Waals surface area contributed by atoms with Crippen LogP contribution in [-0.4, -0.2) is 40.1 Å². The van der Waals surface area contributed by atoms with Gasteiger partial charge in [-0.15, -0.1) is 0 Å². The number of fused-ring (bicyclic) bond motifs is 4. The second-order valence-electron chi connectivity index (χ2n) is 10.9. The average molecular weight is 657 g/mol. The highest BCUT2D eigenvalue weighted by Crippen LogP contribution is 2.25. The van der Waals surface area contributed by atoms with E-state index in [9.17, 15) is 15.2 Å². The Morgan fingerprint density at radius 2 is 1.26 bits per heavy atom. The number of rotatable bonds is 5. The SMILES string of the molecule is N#Cc1cn(Cc2ccc3ncc(Cl)cc3c2)c2ccncc12.O=C(O)c1cn(Cc2ccc3ncc(Cl)cc3c2)c2ccncc12. The molecule has 0 fully saturated rings. The van der Waals surface area contributed by atoms with Crippen molar-refractivity contribution in [3.8, 4) is 6.07 Å². The minimum atomic E-state index is -0.957. The monoisotopic (exact) mass is 655 g/mol. The van der Waals surface area contributed by atoms with Crippen molar-refractivity contribution in [2.45, 2.75) is 13.1 Å². The molecule has 47 heavy (non-hydrogen) atoms. The second kappa shape index (κ2) is 12.5. The molecule has 6 aromatic heterocycles. The number of carboxylic acid groups (broad SMARTS) is 1. The lowest BCUT2D eigenvalue weighted by atomic mass is 10.1. The lowest BCUT2D eigenvalue weighted by Crippen LogP contribution is -1.99. The van der Waals surface area contributed by atoms with Crippen LogP contribution in [0.1, 0.15) is 27.0 Å². The van der Waals surface area contributed by atoms with Gasteiger partial charge in [-0.1, -0.05) is 35.3 Å². The molecule has 6 heterocycles. The smallest absolute Gasteiger partial charge is 0.337 e. The van der Waals surface area contributed by atoms with Crippen molar-refractivity contribution in [2.24, 2.45) is 0 Å². The summed E-state index contributed by atoms with van der Waals surface area (Å²) >= 11 is 12.0. The molecule has 228 valence electrons. The molecule has 0 unspecified atom stereocenters.